The van der Waals surface area contributed by atoms with Crippen molar-refractivity contribution in [1.82, 2.24) is 5.32 Å². The zero-order valence-electron chi connectivity index (χ0n) is 11.4. The smallest absolute Gasteiger partial charge is 0.235 e. The van der Waals surface area contributed by atoms with E-state index in [0.717, 1.165) is 25.7 Å². The molecular weight excluding hydrogens is 333 g/mol. The van der Waals surface area contributed by atoms with Gasteiger partial charge in [-0.2, -0.15) is 0 Å². The van der Waals surface area contributed by atoms with Crippen LogP contribution in [-0.2, 0) is 20.4 Å². The van der Waals surface area contributed by atoms with Crippen LogP contribution in [0.25, 0.3) is 0 Å². The molecule has 21 heavy (non-hydrogen) atoms. The van der Waals surface area contributed by atoms with Gasteiger partial charge in [0.15, 0.2) is 9.84 Å². The van der Waals surface area contributed by atoms with Crippen molar-refractivity contribution >= 4 is 38.9 Å². The number of amides is 1. The quantitative estimate of drug-likeness (QED) is 0.888. The van der Waals surface area contributed by atoms with E-state index in [1.807, 2.05) is 0 Å². The fourth-order valence-electron chi connectivity index (χ4n) is 2.48. The van der Waals surface area contributed by atoms with Crippen molar-refractivity contribution in [2.75, 3.05) is 5.75 Å². The standard InChI is InChI=1S/C14H17Cl2NO3S/c15-12-6-3-7-13(16)11(12)8-21(19,20)9-14(18)17-10-4-1-2-5-10/h3,6-7,10H,1-2,4-5,8-9H2,(H,17,18). The van der Waals surface area contributed by atoms with E-state index in [0.29, 0.717) is 15.6 Å². The molecule has 116 valence electrons. The van der Waals surface area contributed by atoms with Crippen molar-refractivity contribution in [3.8, 4) is 0 Å². The summed E-state index contributed by atoms with van der Waals surface area (Å²) >= 11 is 11.9. The van der Waals surface area contributed by atoms with E-state index in [9.17, 15) is 13.2 Å². The van der Waals surface area contributed by atoms with Gasteiger partial charge in [0.2, 0.25) is 5.91 Å². The number of nitrogens with one attached hydrogen (secondary N) is 1. The number of sulfone groups is 1. The van der Waals surface area contributed by atoms with Crippen LogP contribution in [0.5, 0.6) is 0 Å². The predicted octanol–water partition coefficient (Wildman–Crippen LogP) is 2.97. The summed E-state index contributed by atoms with van der Waals surface area (Å²) in [7, 11) is -3.60. The van der Waals surface area contributed by atoms with Gasteiger partial charge in [0.25, 0.3) is 0 Å². The van der Waals surface area contributed by atoms with Crippen molar-refractivity contribution in [2.45, 2.75) is 37.5 Å². The molecule has 1 fully saturated rings. The molecule has 0 unspecified atom stereocenters. The van der Waals surface area contributed by atoms with Gasteiger partial charge in [-0.25, -0.2) is 8.42 Å². The van der Waals surface area contributed by atoms with Gasteiger partial charge in [0.05, 0.1) is 5.75 Å². The molecule has 1 aliphatic rings. The molecule has 1 aromatic rings. The third kappa shape index (κ3) is 4.87. The second-order valence-corrected chi connectivity index (χ2v) is 8.16. The van der Waals surface area contributed by atoms with Gasteiger partial charge < -0.3 is 5.32 Å². The Hall–Kier alpha value is -0.780. The number of rotatable bonds is 5. The first-order chi connectivity index (χ1) is 9.87. The van der Waals surface area contributed by atoms with Crippen LogP contribution in [0.1, 0.15) is 31.2 Å². The first kappa shape index (κ1) is 16.6. The molecule has 0 radical (unpaired) electrons. The van der Waals surface area contributed by atoms with Gasteiger partial charge in [0, 0.05) is 21.7 Å². The molecule has 0 saturated heterocycles. The van der Waals surface area contributed by atoms with E-state index in [-0.39, 0.29) is 11.8 Å². The van der Waals surface area contributed by atoms with Gasteiger partial charge in [0.1, 0.15) is 5.75 Å². The third-order valence-electron chi connectivity index (χ3n) is 3.50. The summed E-state index contributed by atoms with van der Waals surface area (Å²) in [5, 5.41) is 3.35. The number of hydrogen-bond acceptors (Lipinski definition) is 3. The Labute approximate surface area is 134 Å². The molecule has 0 aliphatic heterocycles. The lowest BCUT2D eigenvalue weighted by Crippen LogP contribution is -2.37. The lowest BCUT2D eigenvalue weighted by Gasteiger charge is -2.12. The Kier molecular flexibility index (Phi) is 5.52. The molecule has 7 heteroatoms. The number of carbonyl (C=O) groups excluding carboxylic acids is 1. The van der Waals surface area contributed by atoms with Gasteiger partial charge in [-0.1, -0.05) is 42.1 Å². The Balaban J connectivity index is 1.99. The molecule has 1 N–H and O–H groups in total. The molecule has 0 atom stereocenters. The highest BCUT2D eigenvalue weighted by Crippen LogP contribution is 2.26. The second kappa shape index (κ2) is 6.99. The van der Waals surface area contributed by atoms with E-state index < -0.39 is 21.5 Å². The fraction of sp³-hybridized carbons (Fsp3) is 0.500. The normalized spacial score (nSPS) is 16.1. The van der Waals surface area contributed by atoms with Gasteiger partial charge in [-0.05, 0) is 25.0 Å². The van der Waals surface area contributed by atoms with E-state index in [4.69, 9.17) is 23.2 Å². The van der Waals surface area contributed by atoms with Crippen LogP contribution in [0.4, 0.5) is 0 Å². The van der Waals surface area contributed by atoms with Crippen LogP contribution in [-0.4, -0.2) is 26.1 Å². The van der Waals surface area contributed by atoms with E-state index >= 15 is 0 Å². The van der Waals surface area contributed by atoms with Gasteiger partial charge in [-0.3, -0.25) is 4.79 Å². The molecule has 1 amide bonds. The summed E-state index contributed by atoms with van der Waals surface area (Å²) in [6, 6.07) is 4.91. The zero-order chi connectivity index (χ0) is 15.5. The maximum Gasteiger partial charge on any atom is 0.235 e. The maximum atomic E-state index is 12.1. The van der Waals surface area contributed by atoms with Crippen LogP contribution in [0.15, 0.2) is 18.2 Å². The average Bonchev–Trinajstić information content (AvgIpc) is 2.86. The number of halogens is 2. The molecule has 0 heterocycles. The van der Waals surface area contributed by atoms with Crippen LogP contribution >= 0.6 is 23.2 Å². The van der Waals surface area contributed by atoms with Crippen molar-refractivity contribution in [2.24, 2.45) is 0 Å². The molecular formula is C14H17Cl2NO3S. The maximum absolute atomic E-state index is 12.1. The summed E-state index contributed by atoms with van der Waals surface area (Å²) in [6.45, 7) is 0. The summed E-state index contributed by atoms with van der Waals surface area (Å²) in [5.41, 5.74) is 0.342. The van der Waals surface area contributed by atoms with Crippen LogP contribution in [0.2, 0.25) is 10.0 Å². The minimum atomic E-state index is -3.60. The minimum Gasteiger partial charge on any atom is -0.352 e. The van der Waals surface area contributed by atoms with E-state index in [2.05, 4.69) is 5.32 Å². The first-order valence-corrected chi connectivity index (χ1v) is 9.38. The highest BCUT2D eigenvalue weighted by Gasteiger charge is 2.23. The van der Waals surface area contributed by atoms with E-state index in [1.54, 1.807) is 18.2 Å². The molecule has 4 nitrogen and oxygen atoms in total. The van der Waals surface area contributed by atoms with Gasteiger partial charge in [-0.15, -0.1) is 0 Å². The topological polar surface area (TPSA) is 63.2 Å². The Morgan fingerprint density at radius 2 is 1.76 bits per heavy atom. The van der Waals surface area contributed by atoms with Crippen molar-refractivity contribution < 1.29 is 13.2 Å². The Bertz CT molecular complexity index is 605. The first-order valence-electron chi connectivity index (χ1n) is 6.80. The predicted molar refractivity (Wildman–Crippen MR) is 84.4 cm³/mol. The largest absolute Gasteiger partial charge is 0.352 e. The molecule has 0 bridgehead atoms. The Morgan fingerprint density at radius 3 is 2.33 bits per heavy atom. The lowest BCUT2D eigenvalue weighted by molar-refractivity contribution is -0.119. The minimum absolute atomic E-state index is 0.108. The Morgan fingerprint density at radius 1 is 1.19 bits per heavy atom. The van der Waals surface area contributed by atoms with Crippen LogP contribution in [0.3, 0.4) is 0 Å². The van der Waals surface area contributed by atoms with Gasteiger partial charge >= 0.3 is 0 Å². The lowest BCUT2D eigenvalue weighted by atomic mass is 10.2. The third-order valence-corrected chi connectivity index (χ3v) is 5.64. The van der Waals surface area contributed by atoms with Crippen molar-refractivity contribution in [3.05, 3.63) is 33.8 Å². The monoisotopic (exact) mass is 349 g/mol. The molecule has 1 aliphatic carbocycles. The fourth-order valence-corrected chi connectivity index (χ4v) is 4.51. The molecule has 2 rings (SSSR count). The number of benzene rings is 1. The highest BCUT2D eigenvalue weighted by atomic mass is 35.5. The van der Waals surface area contributed by atoms with Crippen molar-refractivity contribution in [1.29, 1.82) is 0 Å². The summed E-state index contributed by atoms with van der Waals surface area (Å²) in [4.78, 5) is 11.8. The summed E-state index contributed by atoms with van der Waals surface area (Å²) < 4.78 is 24.2. The van der Waals surface area contributed by atoms with Crippen molar-refractivity contribution in [3.63, 3.8) is 0 Å². The number of hydrogen-bond donors (Lipinski definition) is 1. The summed E-state index contributed by atoms with van der Waals surface area (Å²) in [6.07, 6.45) is 3.99. The molecule has 0 aromatic heterocycles. The summed E-state index contributed by atoms with van der Waals surface area (Å²) in [5.74, 6) is -1.32. The molecule has 1 saturated carbocycles. The molecule has 1 aromatic carbocycles. The average molecular weight is 350 g/mol. The van der Waals surface area contributed by atoms with Crippen LogP contribution < -0.4 is 5.32 Å². The zero-order valence-corrected chi connectivity index (χ0v) is 13.8. The number of carbonyl (C=O) groups is 1. The SMILES string of the molecule is O=C(CS(=O)(=O)Cc1c(Cl)cccc1Cl)NC1CCCC1. The van der Waals surface area contributed by atoms with Crippen LogP contribution in [0, 0.1) is 0 Å². The molecule has 0 spiro atoms. The van der Waals surface area contributed by atoms with E-state index in [1.165, 1.54) is 0 Å². The second-order valence-electron chi connectivity index (χ2n) is 5.28. The highest BCUT2D eigenvalue weighted by molar-refractivity contribution is 7.91.